The van der Waals surface area contributed by atoms with Crippen LogP contribution in [0, 0.1) is 19.7 Å². The fourth-order valence-electron chi connectivity index (χ4n) is 4.23. The molecular formula is C27H26FN3O3S. The third-order valence-corrected chi connectivity index (χ3v) is 7.41. The number of carboxylic acids is 1. The van der Waals surface area contributed by atoms with E-state index >= 15 is 0 Å². The van der Waals surface area contributed by atoms with E-state index in [0.29, 0.717) is 23.7 Å². The van der Waals surface area contributed by atoms with Crippen LogP contribution < -0.4 is 10.1 Å². The van der Waals surface area contributed by atoms with Gasteiger partial charge in [0.25, 0.3) is 0 Å². The molecular weight excluding hydrogens is 465 g/mol. The van der Waals surface area contributed by atoms with Gasteiger partial charge in [0.15, 0.2) is 0 Å². The molecule has 8 heteroatoms. The Labute approximate surface area is 206 Å². The minimum atomic E-state index is -0.890. The molecule has 0 unspecified atom stereocenters. The molecule has 1 aliphatic rings. The van der Waals surface area contributed by atoms with Crippen molar-refractivity contribution in [3.63, 3.8) is 0 Å². The molecule has 2 N–H and O–H groups in total. The number of aliphatic carboxylic acids is 1. The molecule has 4 aromatic rings. The standard InChI is InChI=1S/C27H26FN3O3S/c1-15-9-19(28)12-22-21(16(2)35-27(15)22)7-8-29-25-13-23(30-14-31-25)17-3-4-18(11-26(32)33)24(10-17)34-20-5-6-20/h3-4,9-10,12-14,20H,5-8,11H2,1-2H3,(H,32,33)(H,29,30,31). The van der Waals surface area contributed by atoms with Crippen molar-refractivity contribution >= 4 is 33.2 Å². The van der Waals surface area contributed by atoms with Crippen LogP contribution in [0.25, 0.3) is 21.3 Å². The average Bonchev–Trinajstić information content (AvgIpc) is 3.58. The number of hydrogen-bond acceptors (Lipinski definition) is 6. The summed E-state index contributed by atoms with van der Waals surface area (Å²) in [5.41, 5.74) is 4.34. The summed E-state index contributed by atoms with van der Waals surface area (Å²) in [6, 6.07) is 10.6. The fraction of sp³-hybridized carbons (Fsp3) is 0.296. The summed E-state index contributed by atoms with van der Waals surface area (Å²) in [5, 5.41) is 13.6. The van der Waals surface area contributed by atoms with Gasteiger partial charge in [-0.2, -0.15) is 0 Å². The normalized spacial score (nSPS) is 13.2. The molecule has 2 aromatic carbocycles. The highest BCUT2D eigenvalue weighted by atomic mass is 32.1. The molecule has 0 bridgehead atoms. The molecule has 180 valence electrons. The van der Waals surface area contributed by atoms with Gasteiger partial charge in [-0.05, 0) is 67.8 Å². The van der Waals surface area contributed by atoms with E-state index in [9.17, 15) is 14.3 Å². The topological polar surface area (TPSA) is 84.3 Å². The van der Waals surface area contributed by atoms with Gasteiger partial charge in [0.2, 0.25) is 0 Å². The number of rotatable bonds is 9. The lowest BCUT2D eigenvalue weighted by molar-refractivity contribution is -0.136. The zero-order valence-corrected chi connectivity index (χ0v) is 20.4. The van der Waals surface area contributed by atoms with Crippen LogP contribution in [-0.4, -0.2) is 33.7 Å². The van der Waals surface area contributed by atoms with E-state index in [0.717, 1.165) is 51.7 Å². The quantitative estimate of drug-likeness (QED) is 0.302. The fourth-order valence-corrected chi connectivity index (χ4v) is 5.38. The van der Waals surface area contributed by atoms with Gasteiger partial charge >= 0.3 is 5.97 Å². The summed E-state index contributed by atoms with van der Waals surface area (Å²) < 4.78 is 21.1. The van der Waals surface area contributed by atoms with Crippen LogP contribution in [-0.2, 0) is 17.6 Å². The Bertz CT molecular complexity index is 1410. The third-order valence-electron chi connectivity index (χ3n) is 6.12. The number of aromatic nitrogens is 2. The van der Waals surface area contributed by atoms with E-state index in [2.05, 4.69) is 22.2 Å². The van der Waals surface area contributed by atoms with Crippen LogP contribution in [0.15, 0.2) is 42.7 Å². The van der Waals surface area contributed by atoms with Crippen molar-refractivity contribution in [1.29, 1.82) is 0 Å². The molecule has 2 heterocycles. The molecule has 1 aliphatic carbocycles. The van der Waals surface area contributed by atoms with E-state index in [1.807, 2.05) is 25.1 Å². The third kappa shape index (κ3) is 5.27. The molecule has 0 aliphatic heterocycles. The van der Waals surface area contributed by atoms with Crippen molar-refractivity contribution in [2.24, 2.45) is 0 Å². The summed E-state index contributed by atoms with van der Waals surface area (Å²) in [4.78, 5) is 21.2. The lowest BCUT2D eigenvalue weighted by Gasteiger charge is -2.12. The molecule has 1 saturated carbocycles. The van der Waals surface area contributed by atoms with Crippen LogP contribution >= 0.6 is 11.3 Å². The van der Waals surface area contributed by atoms with Crippen molar-refractivity contribution in [2.75, 3.05) is 11.9 Å². The number of thiophene rings is 1. The number of halogens is 1. The minimum Gasteiger partial charge on any atom is -0.490 e. The van der Waals surface area contributed by atoms with E-state index in [1.165, 1.54) is 11.2 Å². The number of fused-ring (bicyclic) bond motifs is 1. The Hall–Kier alpha value is -3.52. The smallest absolute Gasteiger partial charge is 0.307 e. The summed E-state index contributed by atoms with van der Waals surface area (Å²) >= 11 is 1.71. The molecule has 35 heavy (non-hydrogen) atoms. The summed E-state index contributed by atoms with van der Waals surface area (Å²) in [6.07, 6.45) is 4.31. The van der Waals surface area contributed by atoms with Gasteiger partial charge in [-0.15, -0.1) is 11.3 Å². The first-order chi connectivity index (χ1) is 16.9. The van der Waals surface area contributed by atoms with Crippen molar-refractivity contribution in [3.8, 4) is 17.0 Å². The monoisotopic (exact) mass is 491 g/mol. The maximum atomic E-state index is 14.0. The van der Waals surface area contributed by atoms with Gasteiger partial charge in [-0.3, -0.25) is 4.79 Å². The average molecular weight is 492 g/mol. The summed E-state index contributed by atoms with van der Waals surface area (Å²) in [7, 11) is 0. The van der Waals surface area contributed by atoms with E-state index in [1.54, 1.807) is 29.5 Å². The molecule has 6 nitrogen and oxygen atoms in total. The Morgan fingerprint density at radius 1 is 1.20 bits per heavy atom. The molecule has 2 aromatic heterocycles. The highest BCUT2D eigenvalue weighted by molar-refractivity contribution is 7.19. The Kier molecular flexibility index (Phi) is 6.38. The highest BCUT2D eigenvalue weighted by Gasteiger charge is 2.25. The SMILES string of the molecule is Cc1sc2c(C)cc(F)cc2c1CCNc1cc(-c2ccc(CC(=O)O)c(OC3CC3)c2)ncn1. The minimum absolute atomic E-state index is 0.0843. The number of carboxylic acid groups (broad SMARTS) is 1. The van der Waals surface area contributed by atoms with Gasteiger partial charge in [-0.1, -0.05) is 12.1 Å². The van der Waals surface area contributed by atoms with Crippen LogP contribution in [0.4, 0.5) is 10.2 Å². The molecule has 0 amide bonds. The second kappa shape index (κ2) is 9.62. The largest absolute Gasteiger partial charge is 0.490 e. The van der Waals surface area contributed by atoms with Crippen LogP contribution in [0.3, 0.4) is 0 Å². The van der Waals surface area contributed by atoms with E-state index < -0.39 is 5.97 Å². The molecule has 0 spiro atoms. The Morgan fingerprint density at radius 2 is 2.03 bits per heavy atom. The number of ether oxygens (including phenoxy) is 1. The van der Waals surface area contributed by atoms with E-state index in [4.69, 9.17) is 4.74 Å². The lowest BCUT2D eigenvalue weighted by atomic mass is 10.0. The number of nitrogens with zero attached hydrogens (tertiary/aromatic N) is 2. The molecule has 5 rings (SSSR count). The highest BCUT2D eigenvalue weighted by Crippen LogP contribution is 2.35. The van der Waals surface area contributed by atoms with Crippen LogP contribution in [0.2, 0.25) is 0 Å². The molecule has 0 atom stereocenters. The number of hydrogen-bond donors (Lipinski definition) is 2. The van der Waals surface area contributed by atoms with Crippen LogP contribution in [0.1, 0.15) is 34.4 Å². The maximum Gasteiger partial charge on any atom is 0.307 e. The van der Waals surface area contributed by atoms with Crippen molar-refractivity contribution in [1.82, 2.24) is 9.97 Å². The van der Waals surface area contributed by atoms with Gasteiger partial charge in [0, 0.05) is 33.3 Å². The second-order valence-corrected chi connectivity index (χ2v) is 10.1. The Morgan fingerprint density at radius 3 is 2.80 bits per heavy atom. The number of nitrogens with one attached hydrogen (secondary N) is 1. The van der Waals surface area contributed by atoms with Gasteiger partial charge in [-0.25, -0.2) is 14.4 Å². The molecule has 0 saturated heterocycles. The van der Waals surface area contributed by atoms with Gasteiger partial charge in [0.05, 0.1) is 18.2 Å². The van der Waals surface area contributed by atoms with Crippen molar-refractivity contribution < 1.29 is 19.0 Å². The molecule has 0 radical (unpaired) electrons. The first-order valence-corrected chi connectivity index (χ1v) is 12.4. The number of aryl methyl sites for hydroxylation is 2. The molecule has 1 fully saturated rings. The zero-order chi connectivity index (χ0) is 24.5. The first kappa shape index (κ1) is 23.2. The predicted octanol–water partition coefficient (Wildman–Crippen LogP) is 5.94. The number of benzene rings is 2. The van der Waals surface area contributed by atoms with Crippen LogP contribution in [0.5, 0.6) is 5.75 Å². The van der Waals surface area contributed by atoms with Gasteiger partial charge < -0.3 is 15.2 Å². The number of anilines is 1. The second-order valence-electron chi connectivity index (χ2n) is 8.91. The van der Waals surface area contributed by atoms with Crippen molar-refractivity contribution in [2.45, 2.75) is 45.6 Å². The Balaban J connectivity index is 1.32. The van der Waals surface area contributed by atoms with E-state index in [-0.39, 0.29) is 18.3 Å². The zero-order valence-electron chi connectivity index (χ0n) is 19.6. The first-order valence-electron chi connectivity index (χ1n) is 11.6. The summed E-state index contributed by atoms with van der Waals surface area (Å²) in [6.45, 7) is 4.67. The number of carbonyl (C=O) groups is 1. The van der Waals surface area contributed by atoms with Crippen molar-refractivity contribution in [3.05, 3.63) is 70.1 Å². The maximum absolute atomic E-state index is 14.0. The predicted molar refractivity (Wildman–Crippen MR) is 136 cm³/mol. The van der Waals surface area contributed by atoms with Gasteiger partial charge in [0.1, 0.15) is 23.7 Å². The summed E-state index contributed by atoms with van der Waals surface area (Å²) in [5.74, 6) is 0.192. The lowest BCUT2D eigenvalue weighted by Crippen LogP contribution is -2.07.